The van der Waals surface area contributed by atoms with Crippen LogP contribution < -0.4 is 10.1 Å². The first-order valence-corrected chi connectivity index (χ1v) is 11.9. The van der Waals surface area contributed by atoms with Crippen molar-refractivity contribution in [3.63, 3.8) is 0 Å². The van der Waals surface area contributed by atoms with E-state index in [9.17, 15) is 4.79 Å². The number of hydrogen-bond donors (Lipinski definition) is 1. The summed E-state index contributed by atoms with van der Waals surface area (Å²) in [6.45, 7) is 0. The highest BCUT2D eigenvalue weighted by Gasteiger charge is 2.18. The van der Waals surface area contributed by atoms with Gasteiger partial charge in [0.15, 0.2) is 5.13 Å². The van der Waals surface area contributed by atoms with Crippen molar-refractivity contribution in [2.24, 2.45) is 0 Å². The monoisotopic (exact) mass is 534 g/mol. The molecule has 0 saturated carbocycles. The lowest BCUT2D eigenvalue weighted by atomic mass is 10.2. The van der Waals surface area contributed by atoms with Gasteiger partial charge in [0.05, 0.1) is 17.0 Å². The second kappa shape index (κ2) is 10.8. The van der Waals surface area contributed by atoms with Crippen LogP contribution in [-0.2, 0) is 4.74 Å². The number of ether oxygens (including phenoxy) is 2. The van der Waals surface area contributed by atoms with Crippen LogP contribution >= 0.6 is 51.4 Å². The molecule has 0 atom stereocenters. The number of carbonyl (C=O) groups is 1. The Morgan fingerprint density at radius 1 is 1.06 bits per heavy atom. The molecule has 9 heteroatoms. The summed E-state index contributed by atoms with van der Waals surface area (Å²) in [6.07, 6.45) is 1.99. The van der Waals surface area contributed by atoms with Crippen molar-refractivity contribution < 1.29 is 14.3 Å². The van der Waals surface area contributed by atoms with E-state index in [4.69, 9.17) is 14.5 Å². The quantitative estimate of drug-likeness (QED) is 0.195. The lowest BCUT2D eigenvalue weighted by molar-refractivity contribution is 0.0606. The molecule has 5 nitrogen and oxygen atoms in total. The van der Waals surface area contributed by atoms with E-state index in [-0.39, 0.29) is 23.0 Å². The summed E-state index contributed by atoms with van der Waals surface area (Å²) < 4.78 is 11.7. The van der Waals surface area contributed by atoms with Crippen LogP contribution in [0.25, 0.3) is 11.3 Å². The number of nitrogens with one attached hydrogen (secondary N) is 1. The van der Waals surface area contributed by atoms with Crippen molar-refractivity contribution in [2.45, 2.75) is 4.21 Å². The molecule has 160 valence electrons. The number of methoxy groups -OCH3 is 1. The van der Waals surface area contributed by atoms with Gasteiger partial charge in [-0.1, -0.05) is 18.2 Å². The van der Waals surface area contributed by atoms with Gasteiger partial charge in [0.25, 0.3) is 0 Å². The number of nitrogens with zero attached hydrogens (tertiary/aromatic N) is 1. The molecular formula is C22H19BrN2O3S3. The first-order valence-electron chi connectivity index (χ1n) is 8.98. The van der Waals surface area contributed by atoms with E-state index in [0.717, 1.165) is 37.8 Å². The molecule has 0 fully saturated rings. The van der Waals surface area contributed by atoms with Gasteiger partial charge in [-0.05, 0) is 48.7 Å². The second-order valence-corrected chi connectivity index (χ2v) is 9.10. The van der Waals surface area contributed by atoms with Gasteiger partial charge in [-0.3, -0.25) is 0 Å². The Labute approximate surface area is 203 Å². The lowest BCUT2D eigenvalue weighted by Gasteiger charge is -2.07. The predicted molar refractivity (Wildman–Crippen MR) is 135 cm³/mol. The Hall–Kier alpha value is -2.33. The maximum atomic E-state index is 11.9. The van der Waals surface area contributed by atoms with Crippen molar-refractivity contribution in [3.05, 3.63) is 70.9 Å². The number of carbonyl (C=O) groups excluding carboxylic acids is 1. The molecule has 0 bridgehead atoms. The average Bonchev–Trinajstić information content (AvgIpc) is 3.42. The fraction of sp³-hybridized carbons (Fsp3) is 0.0909. The maximum absolute atomic E-state index is 11.9. The molecule has 4 rings (SSSR count). The van der Waals surface area contributed by atoms with Crippen molar-refractivity contribution >= 4 is 68.2 Å². The Morgan fingerprint density at radius 3 is 2.45 bits per heavy atom. The third-order valence-electron chi connectivity index (χ3n) is 4.13. The number of esters is 1. The van der Waals surface area contributed by atoms with Gasteiger partial charge >= 0.3 is 5.97 Å². The van der Waals surface area contributed by atoms with Crippen LogP contribution in [0.15, 0.2) is 70.3 Å². The number of thioether (sulfide) groups is 1. The Morgan fingerprint density at radius 2 is 1.77 bits per heavy atom. The zero-order chi connectivity index (χ0) is 20.9. The molecule has 1 N–H and O–H groups in total. The van der Waals surface area contributed by atoms with Crippen molar-refractivity contribution in [1.82, 2.24) is 4.98 Å². The number of aromatic nitrogens is 1. The van der Waals surface area contributed by atoms with Gasteiger partial charge in [-0.15, -0.1) is 51.4 Å². The average molecular weight is 536 g/mol. The number of thiophene rings is 1. The summed E-state index contributed by atoms with van der Waals surface area (Å²) >= 11 is 4.53. The normalized spacial score (nSPS) is 10.3. The van der Waals surface area contributed by atoms with Crippen molar-refractivity contribution in [2.75, 3.05) is 18.7 Å². The standard InChI is InChI=1S/C22H18N2O3S3.BrH/c1-26-20(25)19-12-17(21(28-2)30-19)18-13-29-22(24-18)23-14-8-10-16(11-9-14)27-15-6-4-3-5-7-15;/h3-13H,1-2H3,(H,23,24);1H. The third-order valence-corrected chi connectivity index (χ3v) is 7.14. The molecule has 0 aliphatic rings. The number of rotatable bonds is 7. The van der Waals surface area contributed by atoms with Crippen LogP contribution in [0.3, 0.4) is 0 Å². The molecule has 4 aromatic rings. The summed E-state index contributed by atoms with van der Waals surface area (Å²) in [5, 5.41) is 6.08. The minimum absolute atomic E-state index is 0. The molecule has 2 heterocycles. The van der Waals surface area contributed by atoms with Crippen molar-refractivity contribution in [3.8, 4) is 22.8 Å². The van der Waals surface area contributed by atoms with Crippen LogP contribution in [0.2, 0.25) is 0 Å². The predicted octanol–water partition coefficient (Wildman–Crippen LogP) is 7.49. The fourth-order valence-electron chi connectivity index (χ4n) is 2.71. The first kappa shape index (κ1) is 23.3. The van der Waals surface area contributed by atoms with E-state index in [2.05, 4.69) is 5.32 Å². The minimum atomic E-state index is -0.326. The highest BCUT2D eigenvalue weighted by Crippen LogP contribution is 2.39. The molecule has 2 aromatic heterocycles. The molecule has 0 spiro atoms. The third kappa shape index (κ3) is 5.68. The number of anilines is 2. The number of para-hydroxylation sites is 1. The number of benzene rings is 2. The molecule has 0 amide bonds. The zero-order valence-corrected chi connectivity index (χ0v) is 20.8. The Balaban J connectivity index is 0.00000272. The minimum Gasteiger partial charge on any atom is -0.465 e. The largest absolute Gasteiger partial charge is 0.465 e. The number of thiazole rings is 1. The Kier molecular flexibility index (Phi) is 8.14. The van der Waals surface area contributed by atoms with Gasteiger partial charge in [0.2, 0.25) is 0 Å². The summed E-state index contributed by atoms with van der Waals surface area (Å²) in [6, 6.07) is 19.2. The summed E-state index contributed by atoms with van der Waals surface area (Å²) in [5.41, 5.74) is 2.70. The van der Waals surface area contributed by atoms with Crippen LogP contribution in [0.1, 0.15) is 9.67 Å². The molecular weight excluding hydrogens is 516 g/mol. The van der Waals surface area contributed by atoms with Gasteiger partial charge in [0.1, 0.15) is 16.4 Å². The maximum Gasteiger partial charge on any atom is 0.348 e. The van der Waals surface area contributed by atoms with Gasteiger partial charge in [-0.25, -0.2) is 9.78 Å². The molecule has 0 unspecified atom stereocenters. The van der Waals surface area contributed by atoms with Gasteiger partial charge in [-0.2, -0.15) is 0 Å². The molecule has 0 saturated heterocycles. The molecule has 0 aliphatic heterocycles. The number of halogens is 1. The Bertz CT molecular complexity index is 1140. The fourth-order valence-corrected chi connectivity index (χ4v) is 5.25. The van der Waals surface area contributed by atoms with E-state index in [0.29, 0.717) is 4.88 Å². The SMILES string of the molecule is Br.COC(=O)c1cc(-c2csc(Nc3ccc(Oc4ccccc4)cc3)n2)c(SC)s1. The van der Waals surface area contributed by atoms with E-state index in [1.807, 2.05) is 72.3 Å². The molecule has 0 radical (unpaired) electrons. The molecule has 0 aliphatic carbocycles. The highest BCUT2D eigenvalue weighted by atomic mass is 79.9. The first-order chi connectivity index (χ1) is 14.7. The smallest absolute Gasteiger partial charge is 0.348 e. The van der Waals surface area contributed by atoms with Gasteiger partial charge in [0, 0.05) is 16.6 Å². The van der Waals surface area contributed by atoms with Crippen molar-refractivity contribution in [1.29, 1.82) is 0 Å². The second-order valence-electron chi connectivity index (χ2n) is 6.11. The van der Waals surface area contributed by atoms with Crippen LogP contribution in [0, 0.1) is 0 Å². The molecule has 31 heavy (non-hydrogen) atoms. The van der Waals surface area contributed by atoms with E-state index < -0.39 is 0 Å². The summed E-state index contributed by atoms with van der Waals surface area (Å²) in [5.74, 6) is 1.24. The van der Waals surface area contributed by atoms with Gasteiger partial charge < -0.3 is 14.8 Å². The molecule has 2 aromatic carbocycles. The van der Waals surface area contributed by atoms with Crippen LogP contribution in [0.4, 0.5) is 10.8 Å². The van der Waals surface area contributed by atoms with Crippen LogP contribution in [-0.4, -0.2) is 24.3 Å². The number of hydrogen-bond acceptors (Lipinski definition) is 8. The summed E-state index contributed by atoms with van der Waals surface area (Å²) in [4.78, 5) is 17.1. The lowest BCUT2D eigenvalue weighted by Crippen LogP contribution is -1.96. The van der Waals surface area contributed by atoms with Crippen LogP contribution in [0.5, 0.6) is 11.5 Å². The van der Waals surface area contributed by atoms with E-state index >= 15 is 0 Å². The van der Waals surface area contributed by atoms with E-state index in [1.54, 1.807) is 11.8 Å². The highest BCUT2D eigenvalue weighted by molar-refractivity contribution is 8.93. The zero-order valence-electron chi connectivity index (χ0n) is 16.7. The summed E-state index contributed by atoms with van der Waals surface area (Å²) in [7, 11) is 1.39. The van der Waals surface area contributed by atoms with E-state index in [1.165, 1.54) is 29.8 Å². The topological polar surface area (TPSA) is 60.5 Å².